The lowest BCUT2D eigenvalue weighted by Crippen LogP contribution is -2.43. The molecule has 0 fully saturated rings. The van der Waals surface area contributed by atoms with Crippen LogP contribution in [0.4, 0.5) is 21.5 Å². The number of fused-ring (bicyclic) bond motifs is 5. The first-order chi connectivity index (χ1) is 9.65. The van der Waals surface area contributed by atoms with E-state index in [9.17, 15) is 9.18 Å². The Morgan fingerprint density at radius 3 is 2.90 bits per heavy atom. The van der Waals surface area contributed by atoms with Gasteiger partial charge in [0.25, 0.3) is 0 Å². The Bertz CT molecular complexity index is 747. The molecule has 20 heavy (non-hydrogen) atoms. The highest BCUT2D eigenvalue weighted by atomic mass is 79.9. The fourth-order valence-electron chi connectivity index (χ4n) is 2.95. The Hall–Kier alpha value is -1.88. The average Bonchev–Trinajstić information content (AvgIpc) is 2.82. The highest BCUT2D eigenvalue weighted by molar-refractivity contribution is 9.10. The second kappa shape index (κ2) is 4.06. The van der Waals surface area contributed by atoms with Gasteiger partial charge in [-0.2, -0.15) is 0 Å². The Balaban J connectivity index is 1.96. The van der Waals surface area contributed by atoms with Gasteiger partial charge in [-0.05, 0) is 33.6 Å². The molecule has 0 bridgehead atoms. The minimum absolute atomic E-state index is 0.0876. The zero-order valence-corrected chi connectivity index (χ0v) is 11.9. The number of hydrogen-bond acceptors (Lipinski definition) is 2. The molecule has 2 aromatic rings. The van der Waals surface area contributed by atoms with Gasteiger partial charge in [-0.25, -0.2) is 4.39 Å². The predicted octanol–water partition coefficient (Wildman–Crippen LogP) is 3.60. The van der Waals surface area contributed by atoms with Crippen molar-refractivity contribution < 1.29 is 9.18 Å². The third-order valence-electron chi connectivity index (χ3n) is 3.83. The molecule has 3 nitrogen and oxygen atoms in total. The summed E-state index contributed by atoms with van der Waals surface area (Å²) in [6, 6.07) is 10.8. The van der Waals surface area contributed by atoms with Crippen molar-refractivity contribution >= 4 is 38.9 Å². The van der Waals surface area contributed by atoms with Gasteiger partial charge in [0, 0.05) is 18.2 Å². The predicted molar refractivity (Wildman–Crippen MR) is 78.8 cm³/mol. The Labute approximate surface area is 123 Å². The van der Waals surface area contributed by atoms with Gasteiger partial charge in [0.1, 0.15) is 11.9 Å². The zero-order valence-electron chi connectivity index (χ0n) is 10.4. The maximum absolute atomic E-state index is 13.7. The number of rotatable bonds is 0. The molecule has 100 valence electrons. The Morgan fingerprint density at radius 1 is 1.25 bits per heavy atom. The molecule has 2 aliphatic rings. The molecular formula is C15H10BrFN2O. The summed E-state index contributed by atoms with van der Waals surface area (Å²) in [7, 11) is 0. The van der Waals surface area contributed by atoms with Crippen LogP contribution >= 0.6 is 15.9 Å². The molecule has 0 saturated carbocycles. The molecule has 4 rings (SSSR count). The summed E-state index contributed by atoms with van der Waals surface area (Å²) in [5.41, 5.74) is 3.50. The maximum atomic E-state index is 13.7. The van der Waals surface area contributed by atoms with Crippen molar-refractivity contribution in [3.8, 4) is 0 Å². The Kier molecular flexibility index (Phi) is 2.41. The number of nitrogens with one attached hydrogen (secondary N) is 1. The van der Waals surface area contributed by atoms with E-state index >= 15 is 0 Å². The number of amides is 1. The summed E-state index contributed by atoms with van der Waals surface area (Å²) in [6.07, 6.45) is 0.677. The number of para-hydroxylation sites is 1. The van der Waals surface area contributed by atoms with Crippen LogP contribution in [-0.4, -0.2) is 11.9 Å². The standard InChI is InChI=1S/C15H10BrFN2O/c16-9-6-13-11(7-10(9)17)18-15(20)14-5-8-3-1-2-4-12(8)19(13)14/h1-4,6-7,14H,5H2,(H,18,20). The molecule has 0 spiro atoms. The second-order valence-electron chi connectivity index (χ2n) is 4.99. The van der Waals surface area contributed by atoms with Gasteiger partial charge < -0.3 is 10.2 Å². The molecule has 0 aliphatic carbocycles. The van der Waals surface area contributed by atoms with E-state index in [0.29, 0.717) is 16.6 Å². The maximum Gasteiger partial charge on any atom is 0.247 e. The summed E-state index contributed by atoms with van der Waals surface area (Å²) < 4.78 is 14.1. The van der Waals surface area contributed by atoms with Crippen molar-refractivity contribution in [2.24, 2.45) is 0 Å². The van der Waals surface area contributed by atoms with Gasteiger partial charge in [-0.3, -0.25) is 4.79 Å². The normalized spacial score (nSPS) is 19.2. The van der Waals surface area contributed by atoms with E-state index in [0.717, 1.165) is 16.9 Å². The number of nitrogens with zero attached hydrogens (tertiary/aromatic N) is 1. The quantitative estimate of drug-likeness (QED) is 0.799. The SMILES string of the molecule is O=C1Nc2cc(F)c(Br)cc2N2c3ccccc3CC12. The van der Waals surface area contributed by atoms with Crippen molar-refractivity contribution in [1.29, 1.82) is 0 Å². The van der Waals surface area contributed by atoms with Crippen molar-refractivity contribution in [2.75, 3.05) is 10.2 Å². The number of anilines is 3. The first kappa shape index (κ1) is 11.9. The summed E-state index contributed by atoms with van der Waals surface area (Å²) in [5, 5.41) is 2.79. The van der Waals surface area contributed by atoms with E-state index in [-0.39, 0.29) is 17.8 Å². The van der Waals surface area contributed by atoms with E-state index in [1.54, 1.807) is 6.07 Å². The summed E-state index contributed by atoms with van der Waals surface area (Å²) >= 11 is 3.21. The highest BCUT2D eigenvalue weighted by Gasteiger charge is 2.40. The van der Waals surface area contributed by atoms with E-state index in [4.69, 9.17) is 0 Å². The number of halogens is 2. The lowest BCUT2D eigenvalue weighted by molar-refractivity contribution is -0.117. The first-order valence-corrected chi connectivity index (χ1v) is 7.11. The topological polar surface area (TPSA) is 32.3 Å². The molecular weight excluding hydrogens is 323 g/mol. The highest BCUT2D eigenvalue weighted by Crippen LogP contribution is 2.45. The second-order valence-corrected chi connectivity index (χ2v) is 5.85. The zero-order chi connectivity index (χ0) is 13.9. The molecule has 0 saturated heterocycles. The molecule has 0 radical (unpaired) electrons. The molecule has 0 aromatic heterocycles. The van der Waals surface area contributed by atoms with Crippen molar-refractivity contribution in [3.05, 3.63) is 52.3 Å². The largest absolute Gasteiger partial charge is 0.327 e. The lowest BCUT2D eigenvalue weighted by Gasteiger charge is -2.33. The third kappa shape index (κ3) is 1.53. The van der Waals surface area contributed by atoms with Crippen molar-refractivity contribution in [1.82, 2.24) is 0 Å². The van der Waals surface area contributed by atoms with Crippen LogP contribution in [0.3, 0.4) is 0 Å². The van der Waals surface area contributed by atoms with Crippen molar-refractivity contribution in [3.63, 3.8) is 0 Å². The third-order valence-corrected chi connectivity index (χ3v) is 4.44. The fourth-order valence-corrected chi connectivity index (χ4v) is 3.28. The van der Waals surface area contributed by atoms with Gasteiger partial charge in [-0.1, -0.05) is 18.2 Å². The molecule has 2 aliphatic heterocycles. The number of benzene rings is 2. The van der Waals surface area contributed by atoms with Crippen molar-refractivity contribution in [2.45, 2.75) is 12.5 Å². The van der Waals surface area contributed by atoms with Gasteiger partial charge in [0.05, 0.1) is 15.8 Å². The van der Waals surface area contributed by atoms with Crippen LogP contribution in [0.1, 0.15) is 5.56 Å². The average molecular weight is 333 g/mol. The van der Waals surface area contributed by atoms with Crippen LogP contribution in [0.25, 0.3) is 0 Å². The first-order valence-electron chi connectivity index (χ1n) is 6.32. The van der Waals surface area contributed by atoms with E-state index in [2.05, 4.69) is 21.2 Å². The monoisotopic (exact) mass is 332 g/mol. The lowest BCUT2D eigenvalue weighted by atomic mass is 10.1. The summed E-state index contributed by atoms with van der Waals surface area (Å²) in [5.74, 6) is -0.467. The molecule has 2 heterocycles. The number of hydrogen-bond donors (Lipinski definition) is 1. The smallest absolute Gasteiger partial charge is 0.247 e. The molecule has 1 amide bonds. The van der Waals surface area contributed by atoms with Crippen LogP contribution in [0, 0.1) is 5.82 Å². The van der Waals surface area contributed by atoms with Gasteiger partial charge in [-0.15, -0.1) is 0 Å². The summed E-state index contributed by atoms with van der Waals surface area (Å²) in [4.78, 5) is 14.2. The van der Waals surface area contributed by atoms with Crippen LogP contribution in [-0.2, 0) is 11.2 Å². The van der Waals surface area contributed by atoms with Gasteiger partial charge in [0.15, 0.2) is 0 Å². The molecule has 1 atom stereocenters. The van der Waals surface area contributed by atoms with Crippen LogP contribution < -0.4 is 10.2 Å². The van der Waals surface area contributed by atoms with Crippen LogP contribution in [0.15, 0.2) is 40.9 Å². The summed E-state index contributed by atoms with van der Waals surface area (Å²) in [6.45, 7) is 0. The van der Waals surface area contributed by atoms with E-state index in [1.807, 2.05) is 29.2 Å². The minimum Gasteiger partial charge on any atom is -0.327 e. The molecule has 2 aromatic carbocycles. The van der Waals surface area contributed by atoms with Crippen LogP contribution in [0.2, 0.25) is 0 Å². The van der Waals surface area contributed by atoms with E-state index < -0.39 is 0 Å². The van der Waals surface area contributed by atoms with Gasteiger partial charge in [0.2, 0.25) is 5.91 Å². The Morgan fingerprint density at radius 2 is 2.05 bits per heavy atom. The number of carbonyl (C=O) groups is 1. The number of carbonyl (C=O) groups excluding carboxylic acids is 1. The molecule has 1 N–H and O–H groups in total. The molecule has 1 unspecified atom stereocenters. The van der Waals surface area contributed by atoms with Gasteiger partial charge >= 0.3 is 0 Å². The van der Waals surface area contributed by atoms with E-state index in [1.165, 1.54) is 6.07 Å². The minimum atomic E-state index is -0.380. The van der Waals surface area contributed by atoms with Crippen LogP contribution in [0.5, 0.6) is 0 Å². The molecule has 5 heteroatoms. The fraction of sp³-hybridized carbons (Fsp3) is 0.133.